The Kier molecular flexibility index (Phi) is 9.15. The Bertz CT molecular complexity index is 1450. The number of imide groups is 1. The van der Waals surface area contributed by atoms with E-state index in [4.69, 9.17) is 4.98 Å². The van der Waals surface area contributed by atoms with Crippen molar-refractivity contribution >= 4 is 35.2 Å². The van der Waals surface area contributed by atoms with E-state index in [0.29, 0.717) is 22.7 Å². The first-order valence-electron chi connectivity index (χ1n) is 14.4. The number of anilines is 1. The number of hydrogen-bond donors (Lipinski definition) is 0. The van der Waals surface area contributed by atoms with Crippen LogP contribution in [0.3, 0.4) is 0 Å². The molecule has 2 unspecified atom stereocenters. The van der Waals surface area contributed by atoms with Crippen LogP contribution in [0, 0.1) is 11.3 Å². The highest BCUT2D eigenvalue weighted by Crippen LogP contribution is 2.34. The van der Waals surface area contributed by atoms with Crippen molar-refractivity contribution < 1.29 is 14.4 Å². The Labute approximate surface area is 245 Å². The number of aromatic nitrogens is 1. The number of rotatable bonds is 8. The normalized spacial score (nSPS) is 17.8. The quantitative estimate of drug-likeness (QED) is 0.251. The fraction of sp³-hybridized carbons (Fsp3) is 0.364. The summed E-state index contributed by atoms with van der Waals surface area (Å²) < 4.78 is 0. The topological polar surface area (TPSA) is 94.4 Å². The van der Waals surface area contributed by atoms with Crippen LogP contribution in [-0.2, 0) is 33.8 Å². The van der Waals surface area contributed by atoms with E-state index in [1.54, 1.807) is 29.2 Å². The van der Waals surface area contributed by atoms with Crippen molar-refractivity contribution in [1.82, 2.24) is 9.88 Å². The van der Waals surface area contributed by atoms with Gasteiger partial charge in [0.1, 0.15) is 17.1 Å². The van der Waals surface area contributed by atoms with E-state index in [-0.39, 0.29) is 24.8 Å². The molecule has 5 rings (SSSR count). The smallest absolute Gasteiger partial charge is 0.257 e. The molecule has 41 heavy (non-hydrogen) atoms. The molecule has 7 nitrogen and oxygen atoms in total. The minimum Gasteiger partial charge on any atom is -0.325 e. The Hall–Kier alpha value is -3.96. The van der Waals surface area contributed by atoms with Gasteiger partial charge in [-0.1, -0.05) is 80.1 Å². The lowest BCUT2D eigenvalue weighted by atomic mass is 9.96. The average Bonchev–Trinajstić information content (AvgIpc) is 3.28. The van der Waals surface area contributed by atoms with Gasteiger partial charge in [-0.15, -0.1) is 0 Å². The fourth-order valence-electron chi connectivity index (χ4n) is 5.60. The van der Waals surface area contributed by atoms with Crippen LogP contribution in [0.25, 0.3) is 0 Å². The summed E-state index contributed by atoms with van der Waals surface area (Å²) in [5, 5.41) is 9.95. The first-order valence-corrected chi connectivity index (χ1v) is 15.2. The van der Waals surface area contributed by atoms with Crippen molar-refractivity contribution in [1.29, 1.82) is 5.26 Å². The van der Waals surface area contributed by atoms with Gasteiger partial charge in [-0.25, -0.2) is 9.88 Å². The predicted molar refractivity (Wildman–Crippen MR) is 159 cm³/mol. The standard InChI is InChI=1S/C33H34N4O3S/c1-2-29(41-31-25(21-34)19-24-15-9-3-4-12-18-27(24)35-31)33(40)36(22-23-13-7-5-8-14-23)28-20-30(38)37(32(28)39)26-16-10-6-11-17-26/h5-8,10-11,13-14,16-17,19,28-29H,2-4,9,12,15,18,20,22H2,1H3. The van der Waals surface area contributed by atoms with Crippen molar-refractivity contribution in [3.63, 3.8) is 0 Å². The van der Waals surface area contributed by atoms with E-state index in [9.17, 15) is 19.6 Å². The second kappa shape index (κ2) is 13.1. The Morgan fingerprint density at radius 3 is 2.41 bits per heavy atom. The summed E-state index contributed by atoms with van der Waals surface area (Å²) in [6, 6.07) is 21.7. The molecule has 0 bridgehead atoms. The second-order valence-electron chi connectivity index (χ2n) is 10.6. The van der Waals surface area contributed by atoms with Crippen LogP contribution in [0.1, 0.15) is 67.8 Å². The molecule has 1 fully saturated rings. The lowest BCUT2D eigenvalue weighted by Crippen LogP contribution is -2.48. The fourth-order valence-corrected chi connectivity index (χ4v) is 6.66. The number of thioether (sulfide) groups is 1. The second-order valence-corrected chi connectivity index (χ2v) is 11.8. The number of carbonyl (C=O) groups excluding carboxylic acids is 3. The lowest BCUT2D eigenvalue weighted by molar-refractivity contribution is -0.138. The number of aryl methyl sites for hydroxylation is 2. The van der Waals surface area contributed by atoms with Crippen molar-refractivity contribution in [3.8, 4) is 6.07 Å². The molecule has 2 aliphatic rings. The molecule has 2 heterocycles. The van der Waals surface area contributed by atoms with E-state index in [0.717, 1.165) is 42.5 Å². The third-order valence-electron chi connectivity index (χ3n) is 7.78. The van der Waals surface area contributed by atoms with E-state index in [1.807, 2.05) is 49.4 Å². The van der Waals surface area contributed by atoms with Crippen LogP contribution in [-0.4, -0.2) is 38.9 Å². The van der Waals surface area contributed by atoms with Crippen LogP contribution in [0.15, 0.2) is 71.8 Å². The molecule has 3 aromatic rings. The zero-order valence-corrected chi connectivity index (χ0v) is 24.1. The number of fused-ring (bicyclic) bond motifs is 1. The Morgan fingerprint density at radius 2 is 1.73 bits per heavy atom. The highest BCUT2D eigenvalue weighted by atomic mass is 32.2. The third-order valence-corrected chi connectivity index (χ3v) is 9.13. The summed E-state index contributed by atoms with van der Waals surface area (Å²) >= 11 is 1.30. The summed E-state index contributed by atoms with van der Waals surface area (Å²) in [7, 11) is 0. The lowest BCUT2D eigenvalue weighted by Gasteiger charge is -2.31. The van der Waals surface area contributed by atoms with Crippen molar-refractivity contribution in [2.45, 2.75) is 81.2 Å². The van der Waals surface area contributed by atoms with Gasteiger partial charge in [0.25, 0.3) is 5.91 Å². The molecule has 2 aromatic carbocycles. The summed E-state index contributed by atoms with van der Waals surface area (Å²) in [6.07, 6.45) is 6.70. The Balaban J connectivity index is 1.45. The van der Waals surface area contributed by atoms with Crippen LogP contribution >= 0.6 is 11.8 Å². The van der Waals surface area contributed by atoms with Gasteiger partial charge in [0.05, 0.1) is 22.9 Å². The maximum atomic E-state index is 14.3. The summed E-state index contributed by atoms with van der Waals surface area (Å²) in [5.41, 5.74) is 4.01. The molecule has 1 saturated heterocycles. The van der Waals surface area contributed by atoms with Crippen molar-refractivity contribution in [2.75, 3.05) is 4.90 Å². The molecular formula is C33H34N4O3S. The molecule has 0 spiro atoms. The van der Waals surface area contributed by atoms with Crippen molar-refractivity contribution in [2.24, 2.45) is 0 Å². The maximum absolute atomic E-state index is 14.3. The van der Waals surface area contributed by atoms with E-state index >= 15 is 0 Å². The summed E-state index contributed by atoms with van der Waals surface area (Å²) in [5.74, 6) is -0.963. The van der Waals surface area contributed by atoms with Crippen LogP contribution in [0.4, 0.5) is 5.69 Å². The molecule has 3 amide bonds. The van der Waals surface area contributed by atoms with Gasteiger partial charge in [-0.3, -0.25) is 14.4 Å². The van der Waals surface area contributed by atoms with Crippen LogP contribution in [0.5, 0.6) is 0 Å². The third kappa shape index (κ3) is 6.36. The van der Waals surface area contributed by atoms with E-state index < -0.39 is 17.2 Å². The largest absolute Gasteiger partial charge is 0.325 e. The van der Waals surface area contributed by atoms with Gasteiger partial charge >= 0.3 is 0 Å². The monoisotopic (exact) mass is 566 g/mol. The molecule has 0 N–H and O–H groups in total. The number of amides is 3. The average molecular weight is 567 g/mol. The summed E-state index contributed by atoms with van der Waals surface area (Å²) in [6.45, 7) is 2.12. The molecule has 1 aromatic heterocycles. The van der Waals surface area contributed by atoms with Crippen LogP contribution < -0.4 is 4.90 Å². The molecule has 8 heteroatoms. The highest BCUT2D eigenvalue weighted by molar-refractivity contribution is 8.00. The minimum atomic E-state index is -0.913. The van der Waals surface area contributed by atoms with E-state index in [1.165, 1.54) is 29.5 Å². The number of nitriles is 1. The number of nitrogens with zero attached hydrogens (tertiary/aromatic N) is 4. The number of benzene rings is 2. The van der Waals surface area contributed by atoms with Gasteiger partial charge in [0, 0.05) is 12.2 Å². The SMILES string of the molecule is CCC(Sc1nc2c(cc1C#N)CCCCCC2)C(=O)N(Cc1ccccc1)C1CC(=O)N(c2ccccc2)C1=O. The molecule has 0 saturated carbocycles. The van der Waals surface area contributed by atoms with E-state index in [2.05, 4.69) is 6.07 Å². The number of para-hydroxylation sites is 1. The van der Waals surface area contributed by atoms with Gasteiger partial charge in [0.15, 0.2) is 0 Å². The predicted octanol–water partition coefficient (Wildman–Crippen LogP) is 5.84. The molecule has 0 radical (unpaired) electrons. The Morgan fingerprint density at radius 1 is 1.05 bits per heavy atom. The molecule has 1 aliphatic carbocycles. The van der Waals surface area contributed by atoms with Crippen LogP contribution in [0.2, 0.25) is 0 Å². The highest BCUT2D eigenvalue weighted by Gasteiger charge is 2.45. The maximum Gasteiger partial charge on any atom is 0.257 e. The number of hydrogen-bond acceptors (Lipinski definition) is 6. The van der Waals surface area contributed by atoms with Gasteiger partial charge in [-0.2, -0.15) is 5.26 Å². The van der Waals surface area contributed by atoms with Gasteiger partial charge in [0.2, 0.25) is 11.8 Å². The van der Waals surface area contributed by atoms with Crippen molar-refractivity contribution in [3.05, 3.63) is 89.1 Å². The zero-order valence-electron chi connectivity index (χ0n) is 23.3. The molecular weight excluding hydrogens is 532 g/mol. The first-order chi connectivity index (χ1) is 20.0. The first kappa shape index (κ1) is 28.6. The molecule has 210 valence electrons. The van der Waals surface area contributed by atoms with Gasteiger partial charge in [-0.05, 0) is 61.4 Å². The number of pyridine rings is 1. The zero-order chi connectivity index (χ0) is 28.8. The number of carbonyl (C=O) groups is 3. The molecule has 2 atom stereocenters. The van der Waals surface area contributed by atoms with Gasteiger partial charge < -0.3 is 4.90 Å². The summed E-state index contributed by atoms with van der Waals surface area (Å²) in [4.78, 5) is 48.7. The molecule has 1 aliphatic heterocycles. The minimum absolute atomic E-state index is 0.0755.